The molecule has 1 fully saturated rings. The molecule has 58 valence electrons. The highest BCUT2D eigenvalue weighted by Crippen LogP contribution is 2.31. The van der Waals surface area contributed by atoms with E-state index in [-0.39, 0.29) is 6.10 Å². The first-order chi connectivity index (χ1) is 5.27. The number of halogens is 2. The third-order valence-corrected chi connectivity index (χ3v) is 1.64. The maximum atomic E-state index is 12.8. The third kappa shape index (κ3) is 1.24. The molecule has 0 aliphatic carbocycles. The fourth-order valence-electron chi connectivity index (χ4n) is 0.990. The normalized spacial score (nSPS) is 21.8. The molecule has 3 heteroatoms. The Balaban J connectivity index is 2.39. The summed E-state index contributed by atoms with van der Waals surface area (Å²) >= 11 is 0. The maximum absolute atomic E-state index is 12.8. The van der Waals surface area contributed by atoms with Crippen LogP contribution < -0.4 is 0 Å². The van der Waals surface area contributed by atoms with Crippen molar-refractivity contribution in [2.45, 2.75) is 6.10 Å². The molecule has 0 saturated carbocycles. The number of hydrogen-bond acceptors (Lipinski definition) is 1. The molecule has 1 aromatic rings. The highest BCUT2D eigenvalue weighted by Gasteiger charge is 2.27. The molecule has 1 aromatic carbocycles. The van der Waals surface area contributed by atoms with Crippen LogP contribution in [0.2, 0.25) is 0 Å². The van der Waals surface area contributed by atoms with E-state index in [4.69, 9.17) is 4.74 Å². The van der Waals surface area contributed by atoms with E-state index in [1.54, 1.807) is 0 Å². The van der Waals surface area contributed by atoms with Crippen LogP contribution in [0.1, 0.15) is 11.7 Å². The molecule has 0 N–H and O–H groups in total. The van der Waals surface area contributed by atoms with Gasteiger partial charge < -0.3 is 4.74 Å². The summed E-state index contributed by atoms with van der Waals surface area (Å²) in [6.45, 7) is 0.544. The molecule has 0 spiro atoms. The zero-order chi connectivity index (χ0) is 7.84. The van der Waals surface area contributed by atoms with Gasteiger partial charge in [0.1, 0.15) is 17.7 Å². The highest BCUT2D eigenvalue weighted by atomic mass is 19.1. The molecule has 2 rings (SSSR count). The van der Waals surface area contributed by atoms with E-state index in [9.17, 15) is 8.78 Å². The van der Waals surface area contributed by atoms with Gasteiger partial charge in [0.05, 0.1) is 6.61 Å². The van der Waals surface area contributed by atoms with Crippen LogP contribution in [0.3, 0.4) is 0 Å². The Labute approximate surface area is 62.6 Å². The van der Waals surface area contributed by atoms with E-state index in [0.29, 0.717) is 12.2 Å². The number of rotatable bonds is 1. The van der Waals surface area contributed by atoms with Gasteiger partial charge in [-0.3, -0.25) is 0 Å². The monoisotopic (exact) mass is 156 g/mol. The second kappa shape index (κ2) is 2.27. The van der Waals surface area contributed by atoms with Gasteiger partial charge in [-0.1, -0.05) is 6.07 Å². The van der Waals surface area contributed by atoms with E-state index in [0.717, 1.165) is 6.07 Å². The number of benzene rings is 1. The molecule has 1 aliphatic rings. The summed E-state index contributed by atoms with van der Waals surface area (Å²) in [4.78, 5) is 0. The van der Waals surface area contributed by atoms with E-state index in [1.807, 2.05) is 0 Å². The summed E-state index contributed by atoms with van der Waals surface area (Å²) < 4.78 is 30.0. The Morgan fingerprint density at radius 1 is 1.36 bits per heavy atom. The summed E-state index contributed by atoms with van der Waals surface area (Å²) in [5, 5.41) is 0. The van der Waals surface area contributed by atoms with Crippen molar-refractivity contribution >= 4 is 0 Å². The summed E-state index contributed by atoms with van der Waals surface area (Å²) in [7, 11) is 0. The molecular weight excluding hydrogens is 150 g/mol. The lowest BCUT2D eigenvalue weighted by Gasteiger charge is -1.96. The highest BCUT2D eigenvalue weighted by molar-refractivity contribution is 5.23. The number of ether oxygens (including phenoxy) is 1. The minimum atomic E-state index is -0.549. The number of epoxide rings is 1. The molecule has 1 aliphatic heterocycles. The van der Waals surface area contributed by atoms with Gasteiger partial charge in [-0.15, -0.1) is 0 Å². The fraction of sp³-hybridized carbons (Fsp3) is 0.250. The smallest absolute Gasteiger partial charge is 0.132 e. The molecule has 0 bridgehead atoms. The van der Waals surface area contributed by atoms with Gasteiger partial charge in [-0.05, 0) is 6.07 Å². The molecule has 0 radical (unpaired) electrons. The molecule has 0 amide bonds. The topological polar surface area (TPSA) is 12.5 Å². The predicted octanol–water partition coefficient (Wildman–Crippen LogP) is 2.04. The quantitative estimate of drug-likeness (QED) is 0.567. The van der Waals surface area contributed by atoms with Crippen LogP contribution in [0, 0.1) is 11.6 Å². The summed E-state index contributed by atoms with van der Waals surface area (Å²) in [6, 6.07) is 3.53. The van der Waals surface area contributed by atoms with Crippen LogP contribution in [0.25, 0.3) is 0 Å². The van der Waals surface area contributed by atoms with Gasteiger partial charge in [-0.2, -0.15) is 0 Å². The van der Waals surface area contributed by atoms with Crippen LogP contribution in [-0.4, -0.2) is 6.61 Å². The van der Waals surface area contributed by atoms with Gasteiger partial charge >= 0.3 is 0 Å². The first-order valence-electron chi connectivity index (χ1n) is 3.34. The van der Waals surface area contributed by atoms with Crippen molar-refractivity contribution in [1.29, 1.82) is 0 Å². The van der Waals surface area contributed by atoms with Crippen molar-refractivity contribution < 1.29 is 13.5 Å². The van der Waals surface area contributed by atoms with Crippen LogP contribution in [0.5, 0.6) is 0 Å². The Morgan fingerprint density at radius 3 is 2.64 bits per heavy atom. The lowest BCUT2D eigenvalue weighted by Crippen LogP contribution is -1.88. The van der Waals surface area contributed by atoms with E-state index >= 15 is 0 Å². The molecule has 1 saturated heterocycles. The van der Waals surface area contributed by atoms with Crippen LogP contribution in [-0.2, 0) is 4.74 Å². The van der Waals surface area contributed by atoms with Crippen LogP contribution in [0.4, 0.5) is 8.78 Å². The first-order valence-corrected chi connectivity index (χ1v) is 3.34. The van der Waals surface area contributed by atoms with E-state index in [2.05, 4.69) is 0 Å². The Kier molecular flexibility index (Phi) is 1.39. The Morgan fingerprint density at radius 2 is 2.09 bits per heavy atom. The average molecular weight is 156 g/mol. The summed E-state index contributed by atoms with van der Waals surface area (Å²) in [5.74, 6) is -1.07. The molecule has 1 heterocycles. The average Bonchev–Trinajstić information content (AvgIpc) is 2.70. The van der Waals surface area contributed by atoms with Crippen molar-refractivity contribution in [1.82, 2.24) is 0 Å². The van der Waals surface area contributed by atoms with Gasteiger partial charge in [-0.25, -0.2) is 8.78 Å². The minimum absolute atomic E-state index is 0.143. The zero-order valence-corrected chi connectivity index (χ0v) is 5.68. The fourth-order valence-corrected chi connectivity index (χ4v) is 0.990. The van der Waals surface area contributed by atoms with Gasteiger partial charge in [0.15, 0.2) is 0 Å². The third-order valence-electron chi connectivity index (χ3n) is 1.64. The molecule has 1 atom stereocenters. The van der Waals surface area contributed by atoms with Crippen molar-refractivity contribution in [3.05, 3.63) is 35.4 Å². The summed E-state index contributed by atoms with van der Waals surface area (Å²) in [5.41, 5.74) is 0.450. The Bertz CT molecular complexity index is 281. The van der Waals surface area contributed by atoms with Gasteiger partial charge in [0.2, 0.25) is 0 Å². The Hall–Kier alpha value is -0.960. The SMILES string of the molecule is Fc1ccc([C@@H]2CO2)c(F)c1. The van der Waals surface area contributed by atoms with Crippen molar-refractivity contribution in [2.24, 2.45) is 0 Å². The van der Waals surface area contributed by atoms with Crippen LogP contribution in [0.15, 0.2) is 18.2 Å². The second-order valence-electron chi connectivity index (χ2n) is 2.49. The van der Waals surface area contributed by atoms with Crippen molar-refractivity contribution in [2.75, 3.05) is 6.61 Å². The second-order valence-corrected chi connectivity index (χ2v) is 2.49. The first kappa shape index (κ1) is 6.73. The molecule has 1 nitrogen and oxygen atoms in total. The molecular formula is C8H6F2O. The summed E-state index contributed by atoms with van der Waals surface area (Å²) in [6.07, 6.45) is -0.143. The van der Waals surface area contributed by atoms with Crippen molar-refractivity contribution in [3.8, 4) is 0 Å². The predicted molar refractivity (Wildman–Crippen MR) is 35.1 cm³/mol. The van der Waals surface area contributed by atoms with Gasteiger partial charge in [0, 0.05) is 11.6 Å². The largest absolute Gasteiger partial charge is 0.368 e. The van der Waals surface area contributed by atoms with E-state index < -0.39 is 11.6 Å². The molecule has 11 heavy (non-hydrogen) atoms. The number of hydrogen-bond donors (Lipinski definition) is 0. The zero-order valence-electron chi connectivity index (χ0n) is 5.68. The molecule has 0 unspecified atom stereocenters. The maximum Gasteiger partial charge on any atom is 0.132 e. The lowest BCUT2D eigenvalue weighted by molar-refractivity contribution is 0.407. The lowest BCUT2D eigenvalue weighted by atomic mass is 10.1. The molecule has 0 aromatic heterocycles. The standard InChI is InChI=1S/C8H6F2O/c9-5-1-2-6(7(10)3-5)8-4-11-8/h1-3,8H,4H2/t8-/m0/s1. The van der Waals surface area contributed by atoms with Gasteiger partial charge in [0.25, 0.3) is 0 Å². The van der Waals surface area contributed by atoms with Crippen LogP contribution >= 0.6 is 0 Å². The van der Waals surface area contributed by atoms with Crippen molar-refractivity contribution in [3.63, 3.8) is 0 Å². The minimum Gasteiger partial charge on any atom is -0.368 e. The van der Waals surface area contributed by atoms with E-state index in [1.165, 1.54) is 12.1 Å².